The van der Waals surface area contributed by atoms with Crippen molar-refractivity contribution in [1.29, 1.82) is 0 Å². The van der Waals surface area contributed by atoms with Gasteiger partial charge >= 0.3 is 0 Å². The summed E-state index contributed by atoms with van der Waals surface area (Å²) in [5.74, 6) is 0.585. The van der Waals surface area contributed by atoms with Crippen LogP contribution in [0.25, 0.3) is 0 Å². The van der Waals surface area contributed by atoms with E-state index in [9.17, 15) is 4.79 Å². The van der Waals surface area contributed by atoms with E-state index in [1.807, 2.05) is 31.2 Å². The average Bonchev–Trinajstić information content (AvgIpc) is 2.45. The van der Waals surface area contributed by atoms with E-state index < -0.39 is 0 Å². The highest BCUT2D eigenvalue weighted by Crippen LogP contribution is 2.10. The lowest BCUT2D eigenvalue weighted by molar-refractivity contribution is -0.124. The molecule has 1 aromatic rings. The summed E-state index contributed by atoms with van der Waals surface area (Å²) < 4.78 is 11.0. The summed E-state index contributed by atoms with van der Waals surface area (Å²) in [4.78, 5) is 13.9. The lowest BCUT2D eigenvalue weighted by Crippen LogP contribution is -2.46. The fourth-order valence-corrected chi connectivity index (χ4v) is 2.05. The van der Waals surface area contributed by atoms with Gasteiger partial charge in [0.25, 0.3) is 5.91 Å². The Balaban J connectivity index is 1.66. The van der Waals surface area contributed by atoms with Gasteiger partial charge in [0, 0.05) is 19.6 Å². The third-order valence-electron chi connectivity index (χ3n) is 3.26. The number of rotatable bonds is 5. The van der Waals surface area contributed by atoms with Crippen LogP contribution in [0, 0.1) is 6.92 Å². The fourth-order valence-electron chi connectivity index (χ4n) is 2.05. The smallest absolute Gasteiger partial charge is 0.258 e. The summed E-state index contributed by atoms with van der Waals surface area (Å²) in [7, 11) is 2.05. The van der Waals surface area contributed by atoms with Crippen molar-refractivity contribution in [3.05, 3.63) is 29.8 Å². The molecule has 1 saturated heterocycles. The van der Waals surface area contributed by atoms with E-state index in [1.165, 1.54) is 5.56 Å². The van der Waals surface area contributed by atoms with E-state index in [4.69, 9.17) is 9.47 Å². The largest absolute Gasteiger partial charge is 0.484 e. The van der Waals surface area contributed by atoms with Crippen LogP contribution in [0.15, 0.2) is 24.3 Å². The third-order valence-corrected chi connectivity index (χ3v) is 3.26. The molecule has 1 N–H and O–H groups in total. The Morgan fingerprint density at radius 1 is 1.45 bits per heavy atom. The number of likely N-dealkylation sites (N-methyl/N-ethyl adjacent to an activating group) is 1. The first-order chi connectivity index (χ1) is 9.63. The second kappa shape index (κ2) is 7.26. The van der Waals surface area contributed by atoms with Gasteiger partial charge in [-0.05, 0) is 26.1 Å². The molecule has 0 aliphatic carbocycles. The van der Waals surface area contributed by atoms with Gasteiger partial charge in [-0.2, -0.15) is 0 Å². The summed E-state index contributed by atoms with van der Waals surface area (Å²) in [5.41, 5.74) is 1.17. The maximum Gasteiger partial charge on any atom is 0.258 e. The molecule has 20 heavy (non-hydrogen) atoms. The molecule has 0 saturated carbocycles. The molecular weight excluding hydrogens is 256 g/mol. The van der Waals surface area contributed by atoms with Crippen molar-refractivity contribution >= 4 is 5.91 Å². The van der Waals surface area contributed by atoms with Crippen molar-refractivity contribution < 1.29 is 14.3 Å². The third kappa shape index (κ3) is 4.83. The number of carbonyl (C=O) groups is 1. The van der Waals surface area contributed by atoms with Crippen LogP contribution in [0.3, 0.4) is 0 Å². The molecule has 5 heteroatoms. The molecule has 1 aliphatic heterocycles. The summed E-state index contributed by atoms with van der Waals surface area (Å²) in [6.45, 7) is 5.08. The van der Waals surface area contributed by atoms with Crippen LogP contribution in [0.4, 0.5) is 0 Å². The number of morpholine rings is 1. The molecule has 5 nitrogen and oxygen atoms in total. The Hall–Kier alpha value is -1.59. The van der Waals surface area contributed by atoms with Crippen LogP contribution in [0.5, 0.6) is 5.75 Å². The molecule has 0 bridgehead atoms. The maximum atomic E-state index is 11.7. The SMILES string of the molecule is Cc1ccc(OCC(=O)NCC2CN(C)CCO2)cc1. The molecule has 1 aromatic carbocycles. The van der Waals surface area contributed by atoms with E-state index in [1.54, 1.807) is 0 Å². The molecule has 110 valence electrons. The number of amides is 1. The number of aryl methyl sites for hydroxylation is 1. The topological polar surface area (TPSA) is 50.8 Å². The van der Waals surface area contributed by atoms with E-state index in [0.717, 1.165) is 19.7 Å². The number of nitrogens with zero attached hydrogens (tertiary/aromatic N) is 1. The predicted octanol–water partition coefficient (Wildman–Crippen LogP) is 0.821. The number of benzene rings is 1. The summed E-state index contributed by atoms with van der Waals surface area (Å²) in [6.07, 6.45) is 0.0667. The number of nitrogens with one attached hydrogen (secondary N) is 1. The molecule has 0 spiro atoms. The highest BCUT2D eigenvalue weighted by atomic mass is 16.5. The van der Waals surface area contributed by atoms with Gasteiger partial charge in [0.1, 0.15) is 5.75 Å². The summed E-state index contributed by atoms with van der Waals surface area (Å²) in [6, 6.07) is 7.64. The second-order valence-electron chi connectivity index (χ2n) is 5.16. The molecule has 1 atom stereocenters. The first-order valence-electron chi connectivity index (χ1n) is 6.90. The Kier molecular flexibility index (Phi) is 5.38. The number of ether oxygens (including phenoxy) is 2. The van der Waals surface area contributed by atoms with Gasteiger partial charge in [-0.3, -0.25) is 4.79 Å². The van der Waals surface area contributed by atoms with E-state index in [2.05, 4.69) is 17.3 Å². The minimum absolute atomic E-state index is 0.0334. The van der Waals surface area contributed by atoms with Crippen LogP contribution < -0.4 is 10.1 Å². The molecular formula is C15H22N2O3. The van der Waals surface area contributed by atoms with Crippen LogP contribution in [-0.2, 0) is 9.53 Å². The Morgan fingerprint density at radius 2 is 2.20 bits per heavy atom. The van der Waals surface area contributed by atoms with Crippen LogP contribution in [0.2, 0.25) is 0 Å². The van der Waals surface area contributed by atoms with Crippen LogP contribution >= 0.6 is 0 Å². The van der Waals surface area contributed by atoms with E-state index in [0.29, 0.717) is 12.3 Å². The Labute approximate surface area is 119 Å². The Bertz CT molecular complexity index is 433. The Morgan fingerprint density at radius 3 is 2.90 bits per heavy atom. The predicted molar refractivity (Wildman–Crippen MR) is 76.9 cm³/mol. The first-order valence-corrected chi connectivity index (χ1v) is 6.90. The zero-order chi connectivity index (χ0) is 14.4. The monoisotopic (exact) mass is 278 g/mol. The first kappa shape index (κ1) is 14.8. The second-order valence-corrected chi connectivity index (χ2v) is 5.16. The molecule has 2 rings (SSSR count). The van der Waals surface area contributed by atoms with Gasteiger partial charge in [0.2, 0.25) is 0 Å². The molecule has 1 unspecified atom stereocenters. The van der Waals surface area contributed by atoms with Crippen molar-refractivity contribution in [2.45, 2.75) is 13.0 Å². The van der Waals surface area contributed by atoms with Crippen LogP contribution in [0.1, 0.15) is 5.56 Å². The van der Waals surface area contributed by atoms with Gasteiger partial charge in [-0.15, -0.1) is 0 Å². The zero-order valence-corrected chi connectivity index (χ0v) is 12.1. The van der Waals surface area contributed by atoms with Gasteiger partial charge in [0.05, 0.1) is 12.7 Å². The fraction of sp³-hybridized carbons (Fsp3) is 0.533. The lowest BCUT2D eigenvalue weighted by Gasteiger charge is -2.30. The van der Waals surface area contributed by atoms with Gasteiger partial charge in [0.15, 0.2) is 6.61 Å². The highest BCUT2D eigenvalue weighted by Gasteiger charge is 2.18. The average molecular weight is 278 g/mol. The van der Waals surface area contributed by atoms with Gasteiger partial charge in [-0.1, -0.05) is 17.7 Å². The lowest BCUT2D eigenvalue weighted by atomic mass is 10.2. The maximum absolute atomic E-state index is 11.7. The van der Waals surface area contributed by atoms with E-state index >= 15 is 0 Å². The molecule has 0 aromatic heterocycles. The number of hydrogen-bond donors (Lipinski definition) is 1. The minimum Gasteiger partial charge on any atom is -0.484 e. The van der Waals surface area contributed by atoms with Crippen molar-refractivity contribution in [2.24, 2.45) is 0 Å². The molecule has 1 aliphatic rings. The molecule has 1 amide bonds. The molecule has 0 radical (unpaired) electrons. The highest BCUT2D eigenvalue weighted by molar-refractivity contribution is 5.77. The number of hydrogen-bond acceptors (Lipinski definition) is 4. The standard InChI is InChI=1S/C15H22N2O3/c1-12-3-5-13(6-4-12)20-11-15(18)16-9-14-10-17(2)7-8-19-14/h3-6,14H,7-11H2,1-2H3,(H,16,18). The van der Waals surface area contributed by atoms with Crippen molar-refractivity contribution in [2.75, 3.05) is 39.9 Å². The number of carbonyl (C=O) groups excluding carboxylic acids is 1. The quantitative estimate of drug-likeness (QED) is 0.866. The zero-order valence-electron chi connectivity index (χ0n) is 12.1. The van der Waals surface area contributed by atoms with Crippen molar-refractivity contribution in [1.82, 2.24) is 10.2 Å². The summed E-state index contributed by atoms with van der Waals surface area (Å²) >= 11 is 0. The van der Waals surface area contributed by atoms with Gasteiger partial charge < -0.3 is 19.7 Å². The van der Waals surface area contributed by atoms with Crippen LogP contribution in [-0.4, -0.2) is 56.8 Å². The van der Waals surface area contributed by atoms with Crippen molar-refractivity contribution in [3.8, 4) is 5.75 Å². The minimum atomic E-state index is -0.123. The molecule has 1 heterocycles. The molecule has 1 fully saturated rings. The normalized spacial score (nSPS) is 19.6. The van der Waals surface area contributed by atoms with E-state index in [-0.39, 0.29) is 18.6 Å². The van der Waals surface area contributed by atoms with Crippen molar-refractivity contribution in [3.63, 3.8) is 0 Å². The van der Waals surface area contributed by atoms with Gasteiger partial charge in [-0.25, -0.2) is 0 Å². The summed E-state index contributed by atoms with van der Waals surface area (Å²) in [5, 5.41) is 2.84.